The molecule has 0 radical (unpaired) electrons. The lowest BCUT2D eigenvalue weighted by molar-refractivity contribution is -0.141. The van der Waals surface area contributed by atoms with E-state index < -0.39 is 17.9 Å². The molecule has 2 aromatic carbocycles. The van der Waals surface area contributed by atoms with Gasteiger partial charge in [0, 0.05) is 11.3 Å². The number of halogens is 3. The number of hydrogen-bond acceptors (Lipinski definition) is 4. The van der Waals surface area contributed by atoms with Gasteiger partial charge in [-0.25, -0.2) is 9.48 Å². The molecule has 3 rings (SSSR count). The number of rotatable bonds is 5. The molecule has 0 atom stereocenters. The number of benzene rings is 2. The Labute approximate surface area is 163 Å². The molecule has 3 aromatic rings. The molecule has 1 aromatic heterocycles. The van der Waals surface area contributed by atoms with Crippen molar-refractivity contribution < 1.29 is 27.4 Å². The average Bonchev–Trinajstić information content (AvgIpc) is 3.13. The molecule has 0 saturated heterocycles. The summed E-state index contributed by atoms with van der Waals surface area (Å²) in [5.74, 6) is 0.813. The quantitative estimate of drug-likeness (QED) is 0.668. The predicted octanol–water partition coefficient (Wildman–Crippen LogP) is 4.07. The van der Waals surface area contributed by atoms with Crippen LogP contribution < -0.4 is 20.5 Å². The molecule has 0 aliphatic heterocycles. The summed E-state index contributed by atoms with van der Waals surface area (Å²) < 4.78 is 51.5. The summed E-state index contributed by atoms with van der Waals surface area (Å²) >= 11 is 0. The van der Waals surface area contributed by atoms with Crippen LogP contribution in [0.4, 0.5) is 23.7 Å². The zero-order valence-electron chi connectivity index (χ0n) is 15.4. The number of carbonyl (C=O) groups excluding carboxylic acids is 1. The van der Waals surface area contributed by atoms with E-state index in [9.17, 15) is 18.0 Å². The van der Waals surface area contributed by atoms with Gasteiger partial charge < -0.3 is 20.5 Å². The number of aromatic nitrogens is 2. The van der Waals surface area contributed by atoms with Gasteiger partial charge in [0.25, 0.3) is 0 Å². The van der Waals surface area contributed by atoms with Gasteiger partial charge in [-0.3, -0.25) is 0 Å². The van der Waals surface area contributed by atoms with E-state index in [1.807, 2.05) is 0 Å². The maximum Gasteiger partial charge on any atom is 0.435 e. The van der Waals surface area contributed by atoms with Gasteiger partial charge in [0.2, 0.25) is 0 Å². The van der Waals surface area contributed by atoms with Crippen LogP contribution in [0.2, 0.25) is 0 Å². The van der Waals surface area contributed by atoms with Gasteiger partial charge in [-0.2, -0.15) is 18.3 Å². The molecule has 1 heterocycles. The Kier molecular flexibility index (Phi) is 5.35. The zero-order chi connectivity index (χ0) is 21.2. The van der Waals surface area contributed by atoms with E-state index in [2.05, 4.69) is 10.4 Å². The minimum atomic E-state index is -4.62. The average molecular weight is 406 g/mol. The van der Waals surface area contributed by atoms with Gasteiger partial charge in [-0.05, 0) is 48.5 Å². The van der Waals surface area contributed by atoms with Crippen molar-refractivity contribution in [2.75, 3.05) is 19.5 Å². The van der Waals surface area contributed by atoms with Crippen molar-refractivity contribution in [3.05, 3.63) is 54.2 Å². The van der Waals surface area contributed by atoms with E-state index in [4.69, 9.17) is 15.2 Å². The van der Waals surface area contributed by atoms with E-state index in [0.29, 0.717) is 28.4 Å². The second-order valence-electron chi connectivity index (χ2n) is 5.93. The summed E-state index contributed by atoms with van der Waals surface area (Å²) in [5.41, 5.74) is 5.43. The number of urea groups is 1. The molecular formula is C19H17F3N4O3. The summed E-state index contributed by atoms with van der Waals surface area (Å²) in [5, 5.41) is 6.11. The first kappa shape index (κ1) is 20.1. The van der Waals surface area contributed by atoms with E-state index >= 15 is 0 Å². The highest BCUT2D eigenvalue weighted by Crippen LogP contribution is 2.36. The van der Waals surface area contributed by atoms with E-state index in [-0.39, 0.29) is 5.69 Å². The Bertz CT molecular complexity index is 1030. The number of nitrogens with one attached hydrogen (secondary N) is 1. The number of primary amides is 1. The molecule has 29 heavy (non-hydrogen) atoms. The van der Waals surface area contributed by atoms with Crippen molar-refractivity contribution >= 4 is 11.7 Å². The minimum absolute atomic E-state index is 0.203. The Hall–Kier alpha value is -3.69. The first-order valence-corrected chi connectivity index (χ1v) is 8.29. The molecule has 7 nitrogen and oxygen atoms in total. The number of hydrogen-bond donors (Lipinski definition) is 2. The number of carbonyl (C=O) groups is 1. The fourth-order valence-electron chi connectivity index (χ4n) is 2.75. The highest BCUT2D eigenvalue weighted by Gasteiger charge is 2.35. The normalized spacial score (nSPS) is 11.2. The molecule has 3 N–H and O–H groups in total. The molecule has 0 saturated carbocycles. The van der Waals surface area contributed by atoms with Crippen LogP contribution in [0.5, 0.6) is 11.5 Å². The Morgan fingerprint density at radius 1 is 1.03 bits per heavy atom. The van der Waals surface area contributed by atoms with Crippen molar-refractivity contribution in [1.29, 1.82) is 0 Å². The number of methoxy groups -OCH3 is 2. The number of nitrogens with two attached hydrogens (primary N) is 1. The van der Waals surface area contributed by atoms with Crippen LogP contribution in [0.25, 0.3) is 16.9 Å². The van der Waals surface area contributed by atoms with Crippen molar-refractivity contribution in [1.82, 2.24) is 9.78 Å². The van der Waals surface area contributed by atoms with E-state index in [0.717, 1.165) is 10.7 Å². The number of anilines is 1. The van der Waals surface area contributed by atoms with Crippen molar-refractivity contribution in [2.24, 2.45) is 5.73 Å². The molecular weight excluding hydrogens is 389 g/mol. The van der Waals surface area contributed by atoms with Gasteiger partial charge in [-0.15, -0.1) is 0 Å². The van der Waals surface area contributed by atoms with Gasteiger partial charge in [0.1, 0.15) is 0 Å². The molecule has 0 unspecified atom stereocenters. The Morgan fingerprint density at radius 3 is 2.24 bits per heavy atom. The standard InChI is InChI=1S/C19H17F3N4O3/c1-28-15-8-3-11(9-16(15)29-2)14-10-17(19(20,21)22)25-26(14)13-6-4-12(5-7-13)24-18(23)27/h3-10H,1-2H3,(H3,23,24,27). The van der Waals surface area contributed by atoms with E-state index in [1.54, 1.807) is 18.2 Å². The van der Waals surface area contributed by atoms with E-state index in [1.165, 1.54) is 38.5 Å². The van der Waals surface area contributed by atoms with Crippen LogP contribution in [0.1, 0.15) is 5.69 Å². The molecule has 152 valence electrons. The van der Waals surface area contributed by atoms with Gasteiger partial charge >= 0.3 is 12.2 Å². The second-order valence-corrected chi connectivity index (χ2v) is 5.93. The summed E-state index contributed by atoms with van der Waals surface area (Å²) in [6.07, 6.45) is -4.62. The SMILES string of the molecule is COc1ccc(-c2cc(C(F)(F)F)nn2-c2ccc(NC(N)=O)cc2)cc1OC. The molecule has 2 amide bonds. The Balaban J connectivity index is 2.12. The topological polar surface area (TPSA) is 91.4 Å². The molecule has 10 heteroatoms. The van der Waals surface area contributed by atoms with Crippen LogP contribution in [0.3, 0.4) is 0 Å². The maximum absolute atomic E-state index is 13.3. The van der Waals surface area contributed by atoms with Crippen molar-refractivity contribution in [3.63, 3.8) is 0 Å². The van der Waals surface area contributed by atoms with Crippen molar-refractivity contribution in [3.8, 4) is 28.4 Å². The third-order valence-electron chi connectivity index (χ3n) is 4.06. The van der Waals surface area contributed by atoms with Crippen LogP contribution in [0.15, 0.2) is 48.5 Å². The van der Waals surface area contributed by atoms with Crippen LogP contribution in [0, 0.1) is 0 Å². The monoisotopic (exact) mass is 406 g/mol. The lowest BCUT2D eigenvalue weighted by Crippen LogP contribution is -2.19. The van der Waals surface area contributed by atoms with Gasteiger partial charge in [0.05, 0.1) is 25.6 Å². The first-order valence-electron chi connectivity index (χ1n) is 8.29. The molecule has 0 aliphatic rings. The third kappa shape index (κ3) is 4.26. The number of nitrogens with zero attached hydrogens (tertiary/aromatic N) is 2. The lowest BCUT2D eigenvalue weighted by atomic mass is 10.1. The van der Waals surface area contributed by atoms with Gasteiger partial charge in [-0.1, -0.05) is 0 Å². The van der Waals surface area contributed by atoms with Crippen LogP contribution >= 0.6 is 0 Å². The molecule has 0 fully saturated rings. The molecule has 0 spiro atoms. The van der Waals surface area contributed by atoms with Crippen LogP contribution in [-0.2, 0) is 6.18 Å². The molecule has 0 aliphatic carbocycles. The van der Waals surface area contributed by atoms with Gasteiger partial charge in [0.15, 0.2) is 17.2 Å². The number of ether oxygens (including phenoxy) is 2. The lowest BCUT2D eigenvalue weighted by Gasteiger charge is -2.12. The maximum atomic E-state index is 13.3. The van der Waals surface area contributed by atoms with Crippen LogP contribution in [-0.4, -0.2) is 30.0 Å². The fraction of sp³-hybridized carbons (Fsp3) is 0.158. The Morgan fingerprint density at radius 2 is 1.69 bits per heavy atom. The summed E-state index contributed by atoms with van der Waals surface area (Å²) in [4.78, 5) is 10.9. The summed E-state index contributed by atoms with van der Waals surface area (Å²) in [7, 11) is 2.90. The highest BCUT2D eigenvalue weighted by atomic mass is 19.4. The smallest absolute Gasteiger partial charge is 0.435 e. The third-order valence-corrected chi connectivity index (χ3v) is 4.06. The zero-order valence-corrected chi connectivity index (χ0v) is 15.4. The summed E-state index contributed by atoms with van der Waals surface area (Å²) in [6, 6.07) is 11.0. The second kappa shape index (κ2) is 7.74. The first-order chi connectivity index (χ1) is 13.7. The highest BCUT2D eigenvalue weighted by molar-refractivity contribution is 5.87. The predicted molar refractivity (Wildman–Crippen MR) is 100 cm³/mol. The molecule has 0 bridgehead atoms. The number of amides is 2. The van der Waals surface area contributed by atoms with Crippen molar-refractivity contribution in [2.45, 2.75) is 6.18 Å². The number of alkyl halides is 3. The largest absolute Gasteiger partial charge is 0.493 e. The fourth-order valence-corrected chi connectivity index (χ4v) is 2.75. The minimum Gasteiger partial charge on any atom is -0.493 e. The summed E-state index contributed by atoms with van der Waals surface area (Å²) in [6.45, 7) is 0.